The van der Waals surface area contributed by atoms with E-state index in [2.05, 4.69) is 6.92 Å². The molecule has 0 amide bonds. The molecule has 0 aromatic heterocycles. The predicted molar refractivity (Wildman–Crippen MR) is 51.6 cm³/mol. The fraction of sp³-hybridized carbons (Fsp3) is 0.400. The van der Waals surface area contributed by atoms with E-state index in [1.54, 1.807) is 0 Å². The first-order valence-electron chi connectivity index (χ1n) is 4.26. The zero-order valence-corrected chi connectivity index (χ0v) is 7.40. The lowest BCUT2D eigenvalue weighted by atomic mass is 9.96. The smallest absolute Gasteiger partial charge is 0.0332 e. The van der Waals surface area contributed by atoms with Crippen molar-refractivity contribution in [2.24, 2.45) is 17.4 Å². The van der Waals surface area contributed by atoms with E-state index in [4.69, 9.17) is 11.5 Å². The summed E-state index contributed by atoms with van der Waals surface area (Å²) in [6.45, 7) is 2.70. The Morgan fingerprint density at radius 3 is 2.33 bits per heavy atom. The fourth-order valence-electron chi connectivity index (χ4n) is 1.15. The quantitative estimate of drug-likeness (QED) is 0.707. The highest BCUT2D eigenvalue weighted by molar-refractivity contribution is 5.18. The van der Waals surface area contributed by atoms with Crippen LogP contribution in [0.15, 0.2) is 30.3 Å². The Labute approximate surface area is 73.6 Å². The van der Waals surface area contributed by atoms with E-state index in [-0.39, 0.29) is 6.04 Å². The van der Waals surface area contributed by atoms with Crippen molar-refractivity contribution < 1.29 is 0 Å². The number of hydrogen-bond donors (Lipinski definition) is 2. The number of nitrogens with two attached hydrogens (primary N) is 2. The molecule has 0 aliphatic carbocycles. The van der Waals surface area contributed by atoms with Gasteiger partial charge in [0.2, 0.25) is 0 Å². The summed E-state index contributed by atoms with van der Waals surface area (Å²) in [5.74, 6) is 0.340. The molecule has 0 saturated carbocycles. The van der Waals surface area contributed by atoms with Crippen molar-refractivity contribution in [2.75, 3.05) is 6.54 Å². The van der Waals surface area contributed by atoms with E-state index in [0.29, 0.717) is 12.5 Å². The van der Waals surface area contributed by atoms with Gasteiger partial charge in [0.25, 0.3) is 0 Å². The van der Waals surface area contributed by atoms with Crippen LogP contribution in [-0.4, -0.2) is 6.54 Å². The van der Waals surface area contributed by atoms with Gasteiger partial charge in [0, 0.05) is 6.04 Å². The molecule has 0 heterocycles. The van der Waals surface area contributed by atoms with E-state index in [9.17, 15) is 0 Å². The van der Waals surface area contributed by atoms with E-state index in [0.717, 1.165) is 5.56 Å². The van der Waals surface area contributed by atoms with Crippen molar-refractivity contribution in [3.8, 4) is 0 Å². The highest BCUT2D eigenvalue weighted by atomic mass is 14.7. The largest absolute Gasteiger partial charge is 0.330 e. The minimum absolute atomic E-state index is 0.0659. The maximum Gasteiger partial charge on any atom is 0.0332 e. The van der Waals surface area contributed by atoms with Crippen LogP contribution < -0.4 is 11.5 Å². The van der Waals surface area contributed by atoms with Gasteiger partial charge in [-0.05, 0) is 18.0 Å². The zero-order chi connectivity index (χ0) is 8.97. The van der Waals surface area contributed by atoms with E-state index in [1.165, 1.54) is 0 Å². The van der Waals surface area contributed by atoms with Gasteiger partial charge < -0.3 is 11.5 Å². The molecule has 12 heavy (non-hydrogen) atoms. The maximum absolute atomic E-state index is 5.97. The summed E-state index contributed by atoms with van der Waals surface area (Å²) in [5.41, 5.74) is 12.7. The fourth-order valence-corrected chi connectivity index (χ4v) is 1.15. The molecule has 2 atom stereocenters. The van der Waals surface area contributed by atoms with Gasteiger partial charge in [0.1, 0.15) is 0 Å². The Morgan fingerprint density at radius 1 is 1.25 bits per heavy atom. The minimum Gasteiger partial charge on any atom is -0.330 e. The molecule has 66 valence electrons. The van der Waals surface area contributed by atoms with Crippen LogP contribution in [-0.2, 0) is 0 Å². The van der Waals surface area contributed by atoms with Gasteiger partial charge in [-0.3, -0.25) is 0 Å². The van der Waals surface area contributed by atoms with Gasteiger partial charge >= 0.3 is 0 Å². The molecule has 2 nitrogen and oxygen atoms in total. The summed E-state index contributed by atoms with van der Waals surface area (Å²) in [6.07, 6.45) is 0. The van der Waals surface area contributed by atoms with E-state index in [1.807, 2.05) is 30.3 Å². The summed E-state index contributed by atoms with van der Waals surface area (Å²) in [5, 5.41) is 0. The lowest BCUT2D eigenvalue weighted by Gasteiger charge is -2.18. The van der Waals surface area contributed by atoms with Crippen molar-refractivity contribution >= 4 is 0 Å². The highest BCUT2D eigenvalue weighted by Crippen LogP contribution is 2.17. The summed E-state index contributed by atoms with van der Waals surface area (Å²) in [6, 6.07) is 10.1. The summed E-state index contributed by atoms with van der Waals surface area (Å²) in [4.78, 5) is 0. The van der Waals surface area contributed by atoms with Gasteiger partial charge in [0.15, 0.2) is 0 Å². The molecule has 2 heteroatoms. The predicted octanol–water partition coefficient (Wildman–Crippen LogP) is 1.28. The van der Waals surface area contributed by atoms with Gasteiger partial charge in [-0.25, -0.2) is 0 Å². The molecule has 0 aliphatic heterocycles. The van der Waals surface area contributed by atoms with Crippen molar-refractivity contribution in [2.45, 2.75) is 13.0 Å². The average Bonchev–Trinajstić information content (AvgIpc) is 2.17. The number of hydrogen-bond acceptors (Lipinski definition) is 2. The average molecular weight is 164 g/mol. The molecule has 1 aromatic carbocycles. The number of benzene rings is 1. The van der Waals surface area contributed by atoms with Gasteiger partial charge in [-0.15, -0.1) is 0 Å². The monoisotopic (exact) mass is 164 g/mol. The van der Waals surface area contributed by atoms with Gasteiger partial charge in [-0.1, -0.05) is 37.3 Å². The summed E-state index contributed by atoms with van der Waals surface area (Å²) >= 11 is 0. The first-order valence-corrected chi connectivity index (χ1v) is 4.26. The van der Waals surface area contributed by atoms with E-state index < -0.39 is 0 Å². The first-order chi connectivity index (χ1) is 5.75. The van der Waals surface area contributed by atoms with Crippen LogP contribution in [0.5, 0.6) is 0 Å². The van der Waals surface area contributed by atoms with Crippen molar-refractivity contribution in [3.63, 3.8) is 0 Å². The third-order valence-corrected chi connectivity index (χ3v) is 2.17. The Morgan fingerprint density at radius 2 is 1.83 bits per heavy atom. The molecule has 0 spiro atoms. The second kappa shape index (κ2) is 4.24. The minimum atomic E-state index is 0.0659. The van der Waals surface area contributed by atoms with Crippen LogP contribution in [0.3, 0.4) is 0 Å². The Balaban J connectivity index is 2.71. The van der Waals surface area contributed by atoms with E-state index >= 15 is 0 Å². The van der Waals surface area contributed by atoms with Crippen LogP contribution in [0.4, 0.5) is 0 Å². The van der Waals surface area contributed by atoms with Crippen molar-refractivity contribution in [1.82, 2.24) is 0 Å². The maximum atomic E-state index is 5.97. The molecule has 0 bridgehead atoms. The number of rotatable bonds is 3. The van der Waals surface area contributed by atoms with Gasteiger partial charge in [-0.2, -0.15) is 0 Å². The molecule has 4 N–H and O–H groups in total. The van der Waals surface area contributed by atoms with Crippen LogP contribution in [0.2, 0.25) is 0 Å². The lowest BCUT2D eigenvalue weighted by molar-refractivity contribution is 0.481. The van der Waals surface area contributed by atoms with Crippen molar-refractivity contribution in [3.05, 3.63) is 35.9 Å². The zero-order valence-electron chi connectivity index (χ0n) is 7.40. The first kappa shape index (κ1) is 9.23. The Kier molecular flexibility index (Phi) is 3.26. The molecular formula is C10H16N2. The van der Waals surface area contributed by atoms with Crippen LogP contribution in [0.1, 0.15) is 18.5 Å². The second-order valence-corrected chi connectivity index (χ2v) is 3.15. The molecule has 1 aromatic rings. The highest BCUT2D eigenvalue weighted by Gasteiger charge is 2.11. The normalized spacial score (nSPS) is 15.6. The van der Waals surface area contributed by atoms with Gasteiger partial charge in [0.05, 0.1) is 0 Å². The third-order valence-electron chi connectivity index (χ3n) is 2.17. The molecular weight excluding hydrogens is 148 g/mol. The molecule has 0 aliphatic rings. The lowest BCUT2D eigenvalue weighted by Crippen LogP contribution is -2.25. The SMILES string of the molecule is C[C@@H](CN)[C@@H](N)c1ccccc1. The van der Waals surface area contributed by atoms with Crippen LogP contribution in [0.25, 0.3) is 0 Å². The molecule has 0 saturated heterocycles. The van der Waals surface area contributed by atoms with Crippen molar-refractivity contribution in [1.29, 1.82) is 0 Å². The molecule has 0 unspecified atom stereocenters. The Bertz CT molecular complexity index is 221. The Hall–Kier alpha value is -0.860. The molecule has 0 fully saturated rings. The topological polar surface area (TPSA) is 52.0 Å². The van der Waals surface area contributed by atoms with Crippen LogP contribution >= 0.6 is 0 Å². The molecule has 0 radical (unpaired) electrons. The molecule has 1 rings (SSSR count). The standard InChI is InChI=1S/C10H16N2/c1-8(7-11)10(12)9-5-3-2-4-6-9/h2-6,8,10H,7,11-12H2,1H3/t8-,10+/m0/s1. The summed E-state index contributed by atoms with van der Waals surface area (Å²) in [7, 11) is 0. The second-order valence-electron chi connectivity index (χ2n) is 3.15. The summed E-state index contributed by atoms with van der Waals surface area (Å²) < 4.78 is 0. The van der Waals surface area contributed by atoms with Crippen LogP contribution in [0, 0.1) is 5.92 Å². The third kappa shape index (κ3) is 2.06.